The van der Waals surface area contributed by atoms with E-state index in [-0.39, 0.29) is 30.2 Å². The second kappa shape index (κ2) is 11.1. The number of hydrogen-bond donors (Lipinski definition) is 1. The Morgan fingerprint density at radius 2 is 1.64 bits per heavy atom. The Balaban J connectivity index is 1.50. The number of ether oxygens (including phenoxy) is 3. The van der Waals surface area contributed by atoms with Gasteiger partial charge in [-0.1, -0.05) is 6.07 Å². The third-order valence-corrected chi connectivity index (χ3v) is 5.04. The molecule has 0 spiro atoms. The van der Waals surface area contributed by atoms with Crippen molar-refractivity contribution in [2.75, 3.05) is 19.7 Å². The Morgan fingerprint density at radius 1 is 0.939 bits per heavy atom. The molecule has 1 saturated heterocycles. The van der Waals surface area contributed by atoms with Gasteiger partial charge in [0, 0.05) is 37.2 Å². The van der Waals surface area contributed by atoms with E-state index < -0.39 is 12.1 Å². The highest BCUT2D eigenvalue weighted by molar-refractivity contribution is 5.95. The van der Waals surface area contributed by atoms with Crippen molar-refractivity contribution < 1.29 is 33.4 Å². The van der Waals surface area contributed by atoms with Gasteiger partial charge in [-0.15, -0.1) is 0 Å². The Kier molecular flexibility index (Phi) is 8.01. The van der Waals surface area contributed by atoms with E-state index in [1.165, 1.54) is 19.1 Å². The lowest BCUT2D eigenvalue weighted by Gasteiger charge is -2.32. The van der Waals surface area contributed by atoms with Crippen LogP contribution in [0, 0.1) is 0 Å². The number of benzene rings is 2. The van der Waals surface area contributed by atoms with Crippen molar-refractivity contribution in [2.24, 2.45) is 0 Å². The molecule has 9 nitrogen and oxygen atoms in total. The molecule has 2 amide bonds. The number of amides is 2. The summed E-state index contributed by atoms with van der Waals surface area (Å²) >= 11 is 0. The van der Waals surface area contributed by atoms with Gasteiger partial charge in [-0.2, -0.15) is 0 Å². The summed E-state index contributed by atoms with van der Waals surface area (Å²) in [7, 11) is 0. The normalized spacial score (nSPS) is 13.7. The fraction of sp³-hybridized carbons (Fsp3) is 0.333. The van der Waals surface area contributed by atoms with Gasteiger partial charge in [-0.05, 0) is 62.2 Å². The SMILES string of the molecule is CCOC(=O)Oc1ccc(C(=O)NC2CCN(C(=O)c3cccc(OC(C)=O)c3)CC2)cc1. The second-order valence-corrected chi connectivity index (χ2v) is 7.47. The average molecular weight is 454 g/mol. The van der Waals surface area contributed by atoms with Crippen LogP contribution in [0.3, 0.4) is 0 Å². The number of piperidine rings is 1. The predicted molar refractivity (Wildman–Crippen MR) is 118 cm³/mol. The molecular formula is C24H26N2O7. The lowest BCUT2D eigenvalue weighted by molar-refractivity contribution is -0.131. The third-order valence-electron chi connectivity index (χ3n) is 5.04. The molecule has 9 heteroatoms. The number of nitrogens with zero attached hydrogens (tertiary/aromatic N) is 1. The predicted octanol–water partition coefficient (Wildman–Crippen LogP) is 3.18. The van der Waals surface area contributed by atoms with Gasteiger partial charge in [-0.3, -0.25) is 14.4 Å². The van der Waals surface area contributed by atoms with Crippen LogP contribution in [0.2, 0.25) is 0 Å². The summed E-state index contributed by atoms with van der Waals surface area (Å²) in [5.74, 6) is -0.219. The quantitative estimate of drug-likeness (QED) is 0.405. The second-order valence-electron chi connectivity index (χ2n) is 7.47. The lowest BCUT2D eigenvalue weighted by atomic mass is 10.0. The number of likely N-dealkylation sites (tertiary alicyclic amines) is 1. The molecule has 0 atom stereocenters. The summed E-state index contributed by atoms with van der Waals surface area (Å²) in [5, 5.41) is 2.98. The van der Waals surface area contributed by atoms with E-state index in [1.54, 1.807) is 48.2 Å². The summed E-state index contributed by atoms with van der Waals surface area (Å²) < 4.78 is 14.7. The molecule has 1 aliphatic heterocycles. The van der Waals surface area contributed by atoms with Gasteiger partial charge < -0.3 is 24.4 Å². The van der Waals surface area contributed by atoms with Crippen LogP contribution in [-0.4, -0.2) is 54.6 Å². The van der Waals surface area contributed by atoms with E-state index in [4.69, 9.17) is 14.2 Å². The molecule has 2 aromatic rings. The third kappa shape index (κ3) is 6.80. The summed E-state index contributed by atoms with van der Waals surface area (Å²) in [6, 6.07) is 12.6. The molecule has 1 aliphatic rings. The van der Waals surface area contributed by atoms with Crippen LogP contribution < -0.4 is 14.8 Å². The van der Waals surface area contributed by atoms with Gasteiger partial charge in [0.15, 0.2) is 0 Å². The highest BCUT2D eigenvalue weighted by atomic mass is 16.7. The van der Waals surface area contributed by atoms with Gasteiger partial charge in [0.1, 0.15) is 11.5 Å². The average Bonchev–Trinajstić information content (AvgIpc) is 2.79. The first kappa shape index (κ1) is 23.8. The molecule has 0 unspecified atom stereocenters. The van der Waals surface area contributed by atoms with E-state index in [1.807, 2.05) is 0 Å². The number of rotatable bonds is 6. The van der Waals surface area contributed by atoms with E-state index in [2.05, 4.69) is 5.32 Å². The fourth-order valence-corrected chi connectivity index (χ4v) is 3.45. The number of carbonyl (C=O) groups excluding carboxylic acids is 4. The number of nitrogens with one attached hydrogen (secondary N) is 1. The van der Waals surface area contributed by atoms with Crippen molar-refractivity contribution in [3.05, 3.63) is 59.7 Å². The van der Waals surface area contributed by atoms with Crippen molar-refractivity contribution in [2.45, 2.75) is 32.7 Å². The Bertz CT molecular complexity index is 1010. The number of carbonyl (C=O) groups is 4. The Morgan fingerprint density at radius 3 is 2.27 bits per heavy atom. The van der Waals surface area contributed by atoms with Crippen LogP contribution >= 0.6 is 0 Å². The molecule has 0 aliphatic carbocycles. The standard InChI is InChI=1S/C24H26N2O7/c1-3-31-24(30)33-20-9-7-17(8-10-20)22(28)25-19-11-13-26(14-12-19)23(29)18-5-4-6-21(15-18)32-16(2)27/h4-10,15,19H,3,11-14H2,1-2H3,(H,25,28). The molecule has 174 valence electrons. The maximum Gasteiger partial charge on any atom is 0.513 e. The van der Waals surface area contributed by atoms with Crippen molar-refractivity contribution >= 4 is 23.9 Å². The maximum atomic E-state index is 12.8. The topological polar surface area (TPSA) is 111 Å². The zero-order valence-electron chi connectivity index (χ0n) is 18.5. The van der Waals surface area contributed by atoms with Gasteiger partial charge in [0.25, 0.3) is 11.8 Å². The molecule has 33 heavy (non-hydrogen) atoms. The van der Waals surface area contributed by atoms with Crippen molar-refractivity contribution in [3.63, 3.8) is 0 Å². The Labute approximate surface area is 191 Å². The van der Waals surface area contributed by atoms with Gasteiger partial charge in [0.2, 0.25) is 0 Å². The van der Waals surface area contributed by atoms with Crippen LogP contribution in [0.4, 0.5) is 4.79 Å². The first-order chi connectivity index (χ1) is 15.9. The van der Waals surface area contributed by atoms with Gasteiger partial charge >= 0.3 is 12.1 Å². The molecule has 0 aromatic heterocycles. The van der Waals surface area contributed by atoms with Crippen LogP contribution in [0.15, 0.2) is 48.5 Å². The number of hydrogen-bond acceptors (Lipinski definition) is 7. The molecule has 0 bridgehead atoms. The first-order valence-electron chi connectivity index (χ1n) is 10.7. The molecule has 1 fully saturated rings. The van der Waals surface area contributed by atoms with Crippen LogP contribution in [-0.2, 0) is 9.53 Å². The molecule has 2 aromatic carbocycles. The summed E-state index contributed by atoms with van der Waals surface area (Å²) in [4.78, 5) is 49.5. The fourth-order valence-electron chi connectivity index (χ4n) is 3.45. The molecule has 1 heterocycles. The molecule has 3 rings (SSSR count). The zero-order valence-corrected chi connectivity index (χ0v) is 18.5. The highest BCUT2D eigenvalue weighted by Crippen LogP contribution is 2.19. The Hall–Kier alpha value is -3.88. The van der Waals surface area contributed by atoms with E-state index in [0.717, 1.165) is 0 Å². The minimum Gasteiger partial charge on any atom is -0.434 e. The molecular weight excluding hydrogens is 428 g/mol. The largest absolute Gasteiger partial charge is 0.513 e. The zero-order chi connectivity index (χ0) is 23.8. The minimum atomic E-state index is -0.797. The summed E-state index contributed by atoms with van der Waals surface area (Å²) in [5.41, 5.74) is 0.883. The summed E-state index contributed by atoms with van der Waals surface area (Å²) in [6.07, 6.45) is 0.435. The van der Waals surface area contributed by atoms with Crippen LogP contribution in [0.5, 0.6) is 11.5 Å². The first-order valence-corrected chi connectivity index (χ1v) is 10.7. The van der Waals surface area contributed by atoms with Crippen molar-refractivity contribution in [1.82, 2.24) is 10.2 Å². The van der Waals surface area contributed by atoms with Crippen LogP contribution in [0.25, 0.3) is 0 Å². The monoisotopic (exact) mass is 454 g/mol. The van der Waals surface area contributed by atoms with Crippen molar-refractivity contribution in [1.29, 1.82) is 0 Å². The maximum absolute atomic E-state index is 12.8. The van der Waals surface area contributed by atoms with Crippen molar-refractivity contribution in [3.8, 4) is 11.5 Å². The lowest BCUT2D eigenvalue weighted by Crippen LogP contribution is -2.46. The molecule has 0 radical (unpaired) electrons. The van der Waals surface area contributed by atoms with Crippen LogP contribution in [0.1, 0.15) is 47.4 Å². The van der Waals surface area contributed by atoms with E-state index in [0.29, 0.717) is 42.8 Å². The smallest absolute Gasteiger partial charge is 0.434 e. The molecule has 0 saturated carbocycles. The van der Waals surface area contributed by atoms with Gasteiger partial charge in [0.05, 0.1) is 6.61 Å². The van der Waals surface area contributed by atoms with Gasteiger partial charge in [-0.25, -0.2) is 4.79 Å². The van der Waals surface area contributed by atoms with E-state index in [9.17, 15) is 19.2 Å². The highest BCUT2D eigenvalue weighted by Gasteiger charge is 2.25. The number of esters is 1. The summed E-state index contributed by atoms with van der Waals surface area (Å²) in [6.45, 7) is 4.18. The molecule has 1 N–H and O–H groups in total. The van der Waals surface area contributed by atoms with E-state index >= 15 is 0 Å². The minimum absolute atomic E-state index is 0.0654.